The Bertz CT molecular complexity index is 618. The first-order chi connectivity index (χ1) is 10.1. The highest BCUT2D eigenvalue weighted by atomic mass is 79.9. The maximum atomic E-state index is 14.3. The van der Waals surface area contributed by atoms with Crippen molar-refractivity contribution >= 4 is 27.3 Å². The minimum atomic E-state index is -0.481. The van der Waals surface area contributed by atoms with Crippen molar-refractivity contribution in [2.24, 2.45) is 0 Å². The average Bonchev–Trinajstić information content (AvgIpc) is 2.93. The van der Waals surface area contributed by atoms with E-state index >= 15 is 0 Å². The molecule has 1 aromatic carbocycles. The van der Waals surface area contributed by atoms with Gasteiger partial charge in [-0.1, -0.05) is 6.92 Å². The lowest BCUT2D eigenvalue weighted by molar-refractivity contribution is 0.406. The van der Waals surface area contributed by atoms with Gasteiger partial charge in [0.05, 0.1) is 22.5 Å². The molecule has 2 rings (SSSR count). The van der Waals surface area contributed by atoms with Crippen LogP contribution in [0, 0.1) is 11.6 Å². The number of nitrogens with one attached hydrogen (secondary N) is 1. The normalized spacial score (nSPS) is 12.4. The molecule has 1 aromatic heterocycles. The number of ether oxygens (including phenoxy) is 1. The third-order valence-electron chi connectivity index (χ3n) is 3.09. The zero-order chi connectivity index (χ0) is 15.4. The van der Waals surface area contributed by atoms with Crippen molar-refractivity contribution in [2.45, 2.75) is 19.4 Å². The third-order valence-corrected chi connectivity index (χ3v) is 4.66. The summed E-state index contributed by atoms with van der Waals surface area (Å²) in [5.41, 5.74) is 0.282. The van der Waals surface area contributed by atoms with Crippen molar-refractivity contribution in [3.8, 4) is 5.75 Å². The highest BCUT2D eigenvalue weighted by Crippen LogP contribution is 2.36. The van der Waals surface area contributed by atoms with E-state index in [1.807, 2.05) is 18.4 Å². The van der Waals surface area contributed by atoms with Gasteiger partial charge in [0.15, 0.2) is 0 Å². The van der Waals surface area contributed by atoms with Crippen LogP contribution in [0.4, 0.5) is 8.78 Å². The quantitative estimate of drug-likeness (QED) is 0.725. The molecule has 6 heteroatoms. The zero-order valence-corrected chi connectivity index (χ0v) is 14.2. The summed E-state index contributed by atoms with van der Waals surface area (Å²) in [6, 6.07) is 3.79. The SMILES string of the molecule is CCCNC(c1cc(F)c(Br)cc1F)c1sccc1OC. The monoisotopic (exact) mass is 375 g/mol. The first-order valence-electron chi connectivity index (χ1n) is 6.57. The van der Waals surface area contributed by atoms with Crippen molar-refractivity contribution in [1.82, 2.24) is 5.32 Å². The summed E-state index contributed by atoms with van der Waals surface area (Å²) < 4.78 is 33.5. The molecule has 0 aliphatic rings. The predicted molar refractivity (Wildman–Crippen MR) is 85.1 cm³/mol. The molecule has 21 heavy (non-hydrogen) atoms. The highest BCUT2D eigenvalue weighted by Gasteiger charge is 2.23. The summed E-state index contributed by atoms with van der Waals surface area (Å²) in [6.45, 7) is 2.72. The Balaban J connectivity index is 2.48. The summed E-state index contributed by atoms with van der Waals surface area (Å²) in [7, 11) is 1.57. The summed E-state index contributed by atoms with van der Waals surface area (Å²) in [5, 5.41) is 5.14. The molecular formula is C15H16BrF2NOS. The third kappa shape index (κ3) is 3.62. The zero-order valence-electron chi connectivity index (χ0n) is 11.8. The number of hydrogen-bond acceptors (Lipinski definition) is 3. The highest BCUT2D eigenvalue weighted by molar-refractivity contribution is 9.10. The molecule has 0 saturated heterocycles. The first kappa shape index (κ1) is 16.4. The molecule has 0 fully saturated rings. The van der Waals surface area contributed by atoms with E-state index in [1.165, 1.54) is 17.4 Å². The van der Waals surface area contributed by atoms with Gasteiger partial charge < -0.3 is 10.1 Å². The van der Waals surface area contributed by atoms with Crippen LogP contribution in [0.15, 0.2) is 28.1 Å². The van der Waals surface area contributed by atoms with Crippen molar-refractivity contribution < 1.29 is 13.5 Å². The van der Waals surface area contributed by atoms with Crippen molar-refractivity contribution in [3.63, 3.8) is 0 Å². The Morgan fingerprint density at radius 2 is 2.10 bits per heavy atom. The van der Waals surface area contributed by atoms with Crippen LogP contribution in [0.5, 0.6) is 5.75 Å². The molecular weight excluding hydrogens is 360 g/mol. The first-order valence-corrected chi connectivity index (χ1v) is 8.25. The molecule has 1 N–H and O–H groups in total. The molecule has 2 nitrogen and oxygen atoms in total. The van der Waals surface area contributed by atoms with E-state index in [1.54, 1.807) is 7.11 Å². The van der Waals surface area contributed by atoms with Crippen LogP contribution in [0.25, 0.3) is 0 Å². The molecule has 0 radical (unpaired) electrons. The maximum Gasteiger partial charge on any atom is 0.137 e. The Morgan fingerprint density at radius 1 is 1.33 bits per heavy atom. The molecule has 1 atom stereocenters. The lowest BCUT2D eigenvalue weighted by atomic mass is 10.0. The predicted octanol–water partition coefficient (Wildman–Crippen LogP) is 4.89. The number of methoxy groups -OCH3 is 1. The topological polar surface area (TPSA) is 21.3 Å². The summed E-state index contributed by atoms with van der Waals surface area (Å²) >= 11 is 4.46. The van der Waals surface area contributed by atoms with Gasteiger partial charge in [-0.15, -0.1) is 11.3 Å². The van der Waals surface area contributed by atoms with Crippen LogP contribution in [0.3, 0.4) is 0 Å². The molecule has 2 aromatic rings. The fraction of sp³-hybridized carbons (Fsp3) is 0.333. The minimum Gasteiger partial charge on any atom is -0.496 e. The maximum absolute atomic E-state index is 14.3. The van der Waals surface area contributed by atoms with Crippen LogP contribution < -0.4 is 10.1 Å². The second-order valence-corrected chi connectivity index (χ2v) is 6.33. The average molecular weight is 376 g/mol. The molecule has 0 spiro atoms. The van der Waals surface area contributed by atoms with Crippen LogP contribution in [0.1, 0.15) is 29.8 Å². The van der Waals surface area contributed by atoms with E-state index in [0.717, 1.165) is 17.4 Å². The lowest BCUT2D eigenvalue weighted by Gasteiger charge is -2.20. The van der Waals surface area contributed by atoms with Gasteiger partial charge in [-0.3, -0.25) is 0 Å². The molecule has 0 aliphatic heterocycles. The summed E-state index contributed by atoms with van der Waals surface area (Å²) in [6.07, 6.45) is 0.894. The Kier molecular flexibility index (Phi) is 5.72. The largest absolute Gasteiger partial charge is 0.496 e. The number of benzene rings is 1. The van der Waals surface area contributed by atoms with Crippen molar-refractivity contribution in [3.05, 3.63) is 50.1 Å². The Morgan fingerprint density at radius 3 is 2.76 bits per heavy atom. The van der Waals surface area contributed by atoms with Crippen molar-refractivity contribution in [1.29, 1.82) is 0 Å². The lowest BCUT2D eigenvalue weighted by Crippen LogP contribution is -2.24. The molecule has 1 unspecified atom stereocenters. The van der Waals surface area contributed by atoms with Crippen LogP contribution in [-0.4, -0.2) is 13.7 Å². The molecule has 114 valence electrons. The molecule has 0 bridgehead atoms. The fourth-order valence-electron chi connectivity index (χ4n) is 2.08. The molecule has 1 heterocycles. The number of halogens is 3. The number of hydrogen-bond donors (Lipinski definition) is 1. The van der Waals surface area contributed by atoms with Gasteiger partial charge in [-0.2, -0.15) is 0 Å². The number of rotatable bonds is 6. The van der Waals surface area contributed by atoms with E-state index < -0.39 is 17.7 Å². The van der Waals surface area contributed by atoms with E-state index in [0.29, 0.717) is 12.3 Å². The smallest absolute Gasteiger partial charge is 0.137 e. The van der Waals surface area contributed by atoms with Gasteiger partial charge in [0.2, 0.25) is 0 Å². The molecule has 0 saturated carbocycles. The van der Waals surface area contributed by atoms with E-state index in [2.05, 4.69) is 21.2 Å². The molecule has 0 aliphatic carbocycles. The molecule has 0 amide bonds. The second-order valence-electron chi connectivity index (χ2n) is 4.53. The summed E-state index contributed by atoms with van der Waals surface area (Å²) in [4.78, 5) is 0.839. The van der Waals surface area contributed by atoms with E-state index in [-0.39, 0.29) is 10.0 Å². The fourth-order valence-corrected chi connectivity index (χ4v) is 3.35. The second kappa shape index (κ2) is 7.33. The summed E-state index contributed by atoms with van der Waals surface area (Å²) in [5.74, 6) is -0.256. The number of thiophene rings is 1. The minimum absolute atomic E-state index is 0.121. The Labute approximate surface area is 135 Å². The van der Waals surface area contributed by atoms with Gasteiger partial charge in [0.1, 0.15) is 17.4 Å². The van der Waals surface area contributed by atoms with Gasteiger partial charge in [0.25, 0.3) is 0 Å². The van der Waals surface area contributed by atoms with E-state index in [4.69, 9.17) is 4.74 Å². The van der Waals surface area contributed by atoms with Crippen LogP contribution in [-0.2, 0) is 0 Å². The van der Waals surface area contributed by atoms with Gasteiger partial charge in [-0.05, 0) is 52.5 Å². The van der Waals surface area contributed by atoms with Gasteiger partial charge >= 0.3 is 0 Å². The van der Waals surface area contributed by atoms with Gasteiger partial charge in [-0.25, -0.2) is 8.78 Å². The van der Waals surface area contributed by atoms with Gasteiger partial charge in [0, 0.05) is 5.56 Å². The van der Waals surface area contributed by atoms with Crippen LogP contribution >= 0.6 is 27.3 Å². The van der Waals surface area contributed by atoms with Crippen molar-refractivity contribution in [2.75, 3.05) is 13.7 Å². The Hall–Kier alpha value is -0.980. The van der Waals surface area contributed by atoms with E-state index in [9.17, 15) is 8.78 Å². The standard InChI is InChI=1S/C15H16BrF2NOS/c1-3-5-19-14(15-13(20-2)4-6-21-15)9-7-12(18)10(16)8-11(9)17/h4,6-8,14,19H,3,5H2,1-2H3. The van der Waals surface area contributed by atoms with Crippen LogP contribution in [0.2, 0.25) is 0 Å².